The van der Waals surface area contributed by atoms with Gasteiger partial charge in [-0.3, -0.25) is 4.79 Å². The highest BCUT2D eigenvalue weighted by Gasteiger charge is 2.21. The fraction of sp³-hybridized carbons (Fsp3) is 0.333. The molecule has 0 spiro atoms. The number of methoxy groups -OCH3 is 1. The lowest BCUT2D eigenvalue weighted by molar-refractivity contribution is 0.0568. The fourth-order valence-electron chi connectivity index (χ4n) is 2.22. The maximum absolute atomic E-state index is 13.2. The van der Waals surface area contributed by atoms with Crippen molar-refractivity contribution in [1.82, 2.24) is 9.97 Å². The van der Waals surface area contributed by atoms with Crippen LogP contribution < -0.4 is 5.56 Å². The van der Waals surface area contributed by atoms with E-state index < -0.39 is 23.4 Å². The number of aromatic amines is 1. The molecule has 0 radical (unpaired) electrons. The number of aromatic nitrogens is 2. The number of hydrogen-bond acceptors (Lipinski definition) is 4. The first-order valence-corrected chi connectivity index (χ1v) is 6.56. The predicted octanol–water partition coefficient (Wildman–Crippen LogP) is 2.63. The Labute approximate surface area is 121 Å². The molecule has 21 heavy (non-hydrogen) atoms. The van der Waals surface area contributed by atoms with Gasteiger partial charge >= 0.3 is 0 Å². The summed E-state index contributed by atoms with van der Waals surface area (Å²) in [6.45, 7) is 3.82. The summed E-state index contributed by atoms with van der Waals surface area (Å²) >= 11 is 0. The summed E-state index contributed by atoms with van der Waals surface area (Å²) in [5.41, 5.74) is -0.325. The number of halogens is 1. The van der Waals surface area contributed by atoms with Gasteiger partial charge in [0.15, 0.2) is 0 Å². The van der Waals surface area contributed by atoms with Crippen LogP contribution in [0.5, 0.6) is 5.88 Å². The summed E-state index contributed by atoms with van der Waals surface area (Å²) < 4.78 is 18.5. The van der Waals surface area contributed by atoms with Crippen LogP contribution in [-0.2, 0) is 4.74 Å². The number of nitrogens with one attached hydrogen (secondary N) is 1. The first-order valence-electron chi connectivity index (χ1n) is 6.56. The molecule has 2 aromatic rings. The average Bonchev–Trinajstić information content (AvgIpc) is 2.38. The average molecular weight is 292 g/mol. The van der Waals surface area contributed by atoms with Gasteiger partial charge in [0.1, 0.15) is 23.3 Å². The third-order valence-electron chi connectivity index (χ3n) is 3.16. The molecule has 0 bridgehead atoms. The first kappa shape index (κ1) is 15.2. The molecule has 0 saturated carbocycles. The molecular weight excluding hydrogens is 275 g/mol. The lowest BCUT2D eigenvalue weighted by atomic mass is 10.1. The highest BCUT2D eigenvalue weighted by atomic mass is 19.1. The summed E-state index contributed by atoms with van der Waals surface area (Å²) in [6.07, 6.45) is -0.440. The number of nitrogens with zero attached hydrogens (tertiary/aromatic N) is 1. The maximum atomic E-state index is 13.2. The van der Waals surface area contributed by atoms with E-state index in [-0.39, 0.29) is 22.9 Å². The number of H-pyrrole nitrogens is 1. The molecule has 1 unspecified atom stereocenters. The quantitative estimate of drug-likeness (QED) is 0.908. The standard InChI is InChI=1S/C15H17FN2O3/c1-8(2)12(21-3)13-17-14(19)11(15(20)18-13)9-5-4-6-10(16)7-9/h4-8,12H,1-3H3,(H2,17,18,19,20). The number of rotatable bonds is 4. The van der Waals surface area contributed by atoms with Crippen LogP contribution in [0.1, 0.15) is 25.8 Å². The molecule has 112 valence electrons. The van der Waals surface area contributed by atoms with Crippen LogP contribution in [0.3, 0.4) is 0 Å². The molecule has 0 aliphatic heterocycles. The first-order chi connectivity index (χ1) is 9.93. The number of benzene rings is 1. The van der Waals surface area contributed by atoms with Crippen molar-refractivity contribution in [3.63, 3.8) is 0 Å². The largest absolute Gasteiger partial charge is 0.493 e. The minimum atomic E-state index is -0.536. The topological polar surface area (TPSA) is 75.2 Å². The van der Waals surface area contributed by atoms with Crippen molar-refractivity contribution in [2.24, 2.45) is 5.92 Å². The number of hydrogen-bond donors (Lipinski definition) is 2. The Bertz CT molecular complexity index is 698. The number of ether oxygens (including phenoxy) is 1. The summed E-state index contributed by atoms with van der Waals surface area (Å²) in [5.74, 6) is -0.623. The van der Waals surface area contributed by atoms with Crippen molar-refractivity contribution in [3.05, 3.63) is 46.3 Å². The zero-order valence-electron chi connectivity index (χ0n) is 12.1. The number of aromatic hydroxyl groups is 1. The fourth-order valence-corrected chi connectivity index (χ4v) is 2.22. The summed E-state index contributed by atoms with van der Waals surface area (Å²) in [6, 6.07) is 5.42. The van der Waals surface area contributed by atoms with Crippen molar-refractivity contribution in [2.45, 2.75) is 20.0 Å². The zero-order chi connectivity index (χ0) is 15.6. The molecule has 1 heterocycles. The molecule has 5 nitrogen and oxygen atoms in total. The van der Waals surface area contributed by atoms with Gasteiger partial charge < -0.3 is 14.8 Å². The Hall–Kier alpha value is -2.21. The Morgan fingerprint density at radius 3 is 2.62 bits per heavy atom. The van der Waals surface area contributed by atoms with Gasteiger partial charge in [-0.2, -0.15) is 4.98 Å². The van der Waals surface area contributed by atoms with Crippen LogP contribution in [-0.4, -0.2) is 22.2 Å². The van der Waals surface area contributed by atoms with E-state index in [0.717, 1.165) is 0 Å². The van der Waals surface area contributed by atoms with Gasteiger partial charge in [0.05, 0.1) is 0 Å². The minimum absolute atomic E-state index is 0.0585. The second kappa shape index (κ2) is 6.05. The highest BCUT2D eigenvalue weighted by molar-refractivity contribution is 5.67. The monoisotopic (exact) mass is 292 g/mol. The minimum Gasteiger partial charge on any atom is -0.493 e. The van der Waals surface area contributed by atoms with Gasteiger partial charge in [-0.05, 0) is 23.6 Å². The van der Waals surface area contributed by atoms with Crippen molar-refractivity contribution in [2.75, 3.05) is 7.11 Å². The molecule has 0 aliphatic rings. The molecule has 0 amide bonds. The van der Waals surface area contributed by atoms with E-state index in [1.165, 1.54) is 31.4 Å². The maximum Gasteiger partial charge on any atom is 0.262 e. The van der Waals surface area contributed by atoms with Gasteiger partial charge in [0.25, 0.3) is 5.56 Å². The lowest BCUT2D eigenvalue weighted by Gasteiger charge is -2.18. The zero-order valence-corrected chi connectivity index (χ0v) is 12.1. The molecule has 6 heteroatoms. The summed E-state index contributed by atoms with van der Waals surface area (Å²) in [5, 5.41) is 10.0. The van der Waals surface area contributed by atoms with E-state index in [2.05, 4.69) is 9.97 Å². The van der Waals surface area contributed by atoms with Crippen molar-refractivity contribution >= 4 is 0 Å². The Morgan fingerprint density at radius 1 is 1.38 bits per heavy atom. The Kier molecular flexibility index (Phi) is 4.37. The molecule has 1 aromatic carbocycles. The molecule has 1 aromatic heterocycles. The Balaban J connectivity index is 2.55. The van der Waals surface area contributed by atoms with Crippen molar-refractivity contribution < 1.29 is 14.2 Å². The van der Waals surface area contributed by atoms with Crippen LogP contribution in [0, 0.1) is 11.7 Å². The van der Waals surface area contributed by atoms with Gasteiger partial charge in [0.2, 0.25) is 5.88 Å². The molecule has 2 rings (SSSR count). The van der Waals surface area contributed by atoms with E-state index >= 15 is 0 Å². The summed E-state index contributed by atoms with van der Waals surface area (Å²) in [7, 11) is 1.50. The van der Waals surface area contributed by atoms with Crippen LogP contribution in [0.15, 0.2) is 29.1 Å². The van der Waals surface area contributed by atoms with Crippen LogP contribution in [0.4, 0.5) is 4.39 Å². The van der Waals surface area contributed by atoms with Gasteiger partial charge in [-0.25, -0.2) is 4.39 Å². The van der Waals surface area contributed by atoms with E-state index in [1.54, 1.807) is 0 Å². The Morgan fingerprint density at radius 2 is 2.10 bits per heavy atom. The van der Waals surface area contributed by atoms with Crippen LogP contribution in [0.25, 0.3) is 11.1 Å². The van der Waals surface area contributed by atoms with Crippen LogP contribution >= 0.6 is 0 Å². The second-order valence-corrected chi connectivity index (χ2v) is 5.06. The third-order valence-corrected chi connectivity index (χ3v) is 3.16. The predicted molar refractivity (Wildman–Crippen MR) is 76.5 cm³/mol. The molecular formula is C15H17FN2O3. The molecule has 2 N–H and O–H groups in total. The van der Waals surface area contributed by atoms with E-state index in [4.69, 9.17) is 4.74 Å². The SMILES string of the molecule is COC(c1nc(O)c(-c2cccc(F)c2)c(=O)[nH]1)C(C)C. The smallest absolute Gasteiger partial charge is 0.262 e. The van der Waals surface area contributed by atoms with Gasteiger partial charge in [-0.15, -0.1) is 0 Å². The molecule has 0 fully saturated rings. The van der Waals surface area contributed by atoms with E-state index in [0.29, 0.717) is 0 Å². The summed E-state index contributed by atoms with van der Waals surface area (Å²) in [4.78, 5) is 18.8. The van der Waals surface area contributed by atoms with E-state index in [1.807, 2.05) is 13.8 Å². The van der Waals surface area contributed by atoms with E-state index in [9.17, 15) is 14.3 Å². The van der Waals surface area contributed by atoms with Gasteiger partial charge in [0, 0.05) is 7.11 Å². The normalized spacial score (nSPS) is 12.6. The lowest BCUT2D eigenvalue weighted by Crippen LogP contribution is -2.20. The third kappa shape index (κ3) is 3.11. The molecule has 0 aliphatic carbocycles. The second-order valence-electron chi connectivity index (χ2n) is 5.06. The van der Waals surface area contributed by atoms with Crippen LogP contribution in [0.2, 0.25) is 0 Å². The molecule has 1 atom stereocenters. The van der Waals surface area contributed by atoms with Crippen molar-refractivity contribution in [1.29, 1.82) is 0 Å². The van der Waals surface area contributed by atoms with Crippen molar-refractivity contribution in [3.8, 4) is 17.0 Å². The van der Waals surface area contributed by atoms with Gasteiger partial charge in [-0.1, -0.05) is 26.0 Å². The highest BCUT2D eigenvalue weighted by Crippen LogP contribution is 2.27. The molecule has 0 saturated heterocycles.